The molecule has 2 aromatic heterocycles. The number of ether oxygens (including phenoxy) is 1. The number of nitrogens with two attached hydrogens (primary N) is 1. The summed E-state index contributed by atoms with van der Waals surface area (Å²) in [5.41, 5.74) is 8.56. The van der Waals surface area contributed by atoms with E-state index in [0.29, 0.717) is 43.7 Å². The van der Waals surface area contributed by atoms with Crippen LogP contribution in [0.15, 0.2) is 47.4 Å². The maximum absolute atomic E-state index is 13.3. The lowest BCUT2D eigenvalue weighted by Crippen LogP contribution is -2.25. The van der Waals surface area contributed by atoms with E-state index in [0.717, 1.165) is 34.4 Å². The summed E-state index contributed by atoms with van der Waals surface area (Å²) in [4.78, 5) is 9.14. The zero-order valence-electron chi connectivity index (χ0n) is 18.6. The molecular formula is C23H25ClFN5O3S. The summed E-state index contributed by atoms with van der Waals surface area (Å²) in [6, 6.07) is 11.1. The van der Waals surface area contributed by atoms with Crippen LogP contribution in [-0.4, -0.2) is 43.2 Å². The molecule has 4 rings (SSSR count). The van der Waals surface area contributed by atoms with Crippen LogP contribution in [0.2, 0.25) is 5.02 Å². The average molecular weight is 506 g/mol. The highest BCUT2D eigenvalue weighted by molar-refractivity contribution is 7.89. The molecule has 0 bridgehead atoms. The van der Waals surface area contributed by atoms with Gasteiger partial charge in [-0.15, -0.1) is 0 Å². The van der Waals surface area contributed by atoms with Gasteiger partial charge in [0.2, 0.25) is 10.0 Å². The third kappa shape index (κ3) is 5.00. The van der Waals surface area contributed by atoms with Gasteiger partial charge in [-0.1, -0.05) is 29.8 Å². The second-order valence-electron chi connectivity index (χ2n) is 7.81. The number of halogens is 2. The predicted octanol–water partition coefficient (Wildman–Crippen LogP) is 3.91. The van der Waals surface area contributed by atoms with Crippen molar-refractivity contribution in [3.8, 4) is 0 Å². The van der Waals surface area contributed by atoms with Crippen molar-refractivity contribution in [2.24, 2.45) is 0 Å². The Bertz CT molecular complexity index is 1440. The van der Waals surface area contributed by atoms with Crippen molar-refractivity contribution in [1.29, 1.82) is 0 Å². The number of nitrogen functional groups attached to an aromatic ring is 1. The molecule has 0 fully saturated rings. The summed E-state index contributed by atoms with van der Waals surface area (Å²) in [6.45, 7) is 1.35. The Labute approximate surface area is 201 Å². The fourth-order valence-electron chi connectivity index (χ4n) is 3.86. The van der Waals surface area contributed by atoms with Crippen LogP contribution in [0, 0.1) is 5.82 Å². The fraction of sp³-hybridized carbons (Fsp3) is 0.304. The minimum atomic E-state index is -3.78. The zero-order chi connectivity index (χ0) is 24.3. The van der Waals surface area contributed by atoms with E-state index in [1.165, 1.54) is 6.07 Å². The van der Waals surface area contributed by atoms with Crippen molar-refractivity contribution in [2.45, 2.75) is 30.7 Å². The summed E-state index contributed by atoms with van der Waals surface area (Å²) in [6.07, 6.45) is 1.88. The fourth-order valence-corrected chi connectivity index (χ4v) is 5.20. The van der Waals surface area contributed by atoms with Gasteiger partial charge in [-0.3, -0.25) is 0 Å². The molecule has 4 aromatic rings. The van der Waals surface area contributed by atoms with Crippen molar-refractivity contribution in [3.63, 3.8) is 0 Å². The predicted molar refractivity (Wildman–Crippen MR) is 131 cm³/mol. The standard InChI is InChI=1S/C23H25ClFN5O3S/c1-33-13-10-20-29-21-22(16-6-2-3-7-19(16)28-23(21)26)30(20)12-5-4-11-27-34(31,32)15-8-9-18(25)17(24)14-15/h2-3,6-9,14,27H,4-5,10-13H2,1H3,(H2,26,28). The molecule has 2 heterocycles. The van der Waals surface area contributed by atoms with Gasteiger partial charge >= 0.3 is 0 Å². The molecule has 0 radical (unpaired) electrons. The first-order chi connectivity index (χ1) is 16.3. The number of methoxy groups -OCH3 is 1. The number of rotatable bonds is 10. The van der Waals surface area contributed by atoms with Crippen molar-refractivity contribution in [1.82, 2.24) is 19.3 Å². The van der Waals surface area contributed by atoms with Crippen LogP contribution in [0.5, 0.6) is 0 Å². The van der Waals surface area contributed by atoms with Gasteiger partial charge in [0.25, 0.3) is 0 Å². The van der Waals surface area contributed by atoms with Crippen molar-refractivity contribution in [2.75, 3.05) is 26.0 Å². The lowest BCUT2D eigenvalue weighted by Gasteiger charge is -2.11. The largest absolute Gasteiger partial charge is 0.384 e. The number of unbranched alkanes of at least 4 members (excludes halogenated alkanes) is 1. The first-order valence-corrected chi connectivity index (χ1v) is 12.6. The Hall–Kier alpha value is -2.79. The second kappa shape index (κ2) is 10.2. The van der Waals surface area contributed by atoms with Crippen LogP contribution in [-0.2, 0) is 27.7 Å². The molecule has 34 heavy (non-hydrogen) atoms. The molecule has 3 N–H and O–H groups in total. The van der Waals surface area contributed by atoms with Crippen LogP contribution >= 0.6 is 11.6 Å². The molecule has 0 aliphatic rings. The topological polar surface area (TPSA) is 112 Å². The number of benzene rings is 2. The molecule has 180 valence electrons. The molecule has 0 saturated heterocycles. The van der Waals surface area contributed by atoms with E-state index < -0.39 is 15.8 Å². The van der Waals surface area contributed by atoms with E-state index in [1.807, 2.05) is 24.3 Å². The highest BCUT2D eigenvalue weighted by atomic mass is 35.5. The minimum absolute atomic E-state index is 0.0733. The van der Waals surface area contributed by atoms with E-state index >= 15 is 0 Å². The molecular weight excluding hydrogens is 481 g/mol. The Morgan fingerprint density at radius 3 is 2.74 bits per heavy atom. The van der Waals surface area contributed by atoms with E-state index in [1.54, 1.807) is 7.11 Å². The smallest absolute Gasteiger partial charge is 0.240 e. The molecule has 0 atom stereocenters. The Balaban J connectivity index is 1.51. The first kappa shape index (κ1) is 24.3. The number of nitrogens with zero attached hydrogens (tertiary/aromatic N) is 3. The maximum atomic E-state index is 13.3. The number of sulfonamides is 1. The Morgan fingerprint density at radius 2 is 1.97 bits per heavy atom. The van der Waals surface area contributed by atoms with E-state index in [4.69, 9.17) is 27.1 Å². The van der Waals surface area contributed by atoms with Crippen LogP contribution in [0.25, 0.3) is 21.9 Å². The summed E-state index contributed by atoms with van der Waals surface area (Å²) in [5.74, 6) is 0.542. The van der Waals surface area contributed by atoms with Gasteiger partial charge in [-0.05, 0) is 37.1 Å². The molecule has 0 spiro atoms. The Kier molecular flexibility index (Phi) is 7.32. The highest BCUT2D eigenvalue weighted by Crippen LogP contribution is 2.29. The summed E-state index contributed by atoms with van der Waals surface area (Å²) in [7, 11) is -2.15. The van der Waals surface area contributed by atoms with Crippen LogP contribution in [0.1, 0.15) is 18.7 Å². The number of imidazole rings is 1. The number of para-hydroxylation sites is 1. The minimum Gasteiger partial charge on any atom is -0.384 e. The third-order valence-electron chi connectivity index (χ3n) is 5.52. The second-order valence-corrected chi connectivity index (χ2v) is 9.99. The van der Waals surface area contributed by atoms with E-state index in [9.17, 15) is 12.8 Å². The number of hydrogen-bond donors (Lipinski definition) is 2. The number of fused-ring (bicyclic) bond motifs is 3. The normalized spacial score (nSPS) is 12.1. The maximum Gasteiger partial charge on any atom is 0.240 e. The number of nitrogens with one attached hydrogen (secondary N) is 1. The number of aromatic nitrogens is 3. The number of pyridine rings is 1. The summed E-state index contributed by atoms with van der Waals surface area (Å²) >= 11 is 5.71. The third-order valence-corrected chi connectivity index (χ3v) is 7.27. The SMILES string of the molecule is COCCc1nc2c(N)nc3ccccc3c2n1CCCCNS(=O)(=O)c1ccc(F)c(Cl)c1. The van der Waals surface area contributed by atoms with Gasteiger partial charge in [0.05, 0.1) is 27.6 Å². The van der Waals surface area contributed by atoms with Crippen molar-refractivity contribution in [3.05, 3.63) is 59.1 Å². The molecule has 0 amide bonds. The lowest BCUT2D eigenvalue weighted by molar-refractivity contribution is 0.199. The molecule has 8 nitrogen and oxygen atoms in total. The molecule has 0 aliphatic carbocycles. The summed E-state index contributed by atoms with van der Waals surface area (Å²) in [5, 5.41) is 0.719. The number of hydrogen-bond acceptors (Lipinski definition) is 6. The van der Waals surface area contributed by atoms with Gasteiger partial charge in [0.15, 0.2) is 5.82 Å². The molecule has 11 heteroatoms. The van der Waals surface area contributed by atoms with Gasteiger partial charge in [0.1, 0.15) is 17.2 Å². The van der Waals surface area contributed by atoms with Gasteiger partial charge in [-0.2, -0.15) is 0 Å². The van der Waals surface area contributed by atoms with Gasteiger partial charge < -0.3 is 15.0 Å². The van der Waals surface area contributed by atoms with Crippen molar-refractivity contribution < 1.29 is 17.5 Å². The Morgan fingerprint density at radius 1 is 1.18 bits per heavy atom. The quantitative estimate of drug-likeness (QED) is 0.316. The van der Waals surface area contributed by atoms with E-state index in [2.05, 4.69) is 14.3 Å². The highest BCUT2D eigenvalue weighted by Gasteiger charge is 2.18. The monoisotopic (exact) mass is 505 g/mol. The van der Waals surface area contributed by atoms with Crippen LogP contribution in [0.4, 0.5) is 10.2 Å². The van der Waals surface area contributed by atoms with Crippen molar-refractivity contribution >= 4 is 49.4 Å². The lowest BCUT2D eigenvalue weighted by atomic mass is 10.2. The molecule has 2 aromatic carbocycles. The molecule has 0 unspecified atom stereocenters. The molecule has 0 aliphatic heterocycles. The number of anilines is 1. The van der Waals surface area contributed by atoms with Gasteiger partial charge in [-0.25, -0.2) is 27.5 Å². The van der Waals surface area contributed by atoms with Gasteiger partial charge in [0, 0.05) is 32.0 Å². The molecule has 0 saturated carbocycles. The first-order valence-electron chi connectivity index (χ1n) is 10.8. The van der Waals surface area contributed by atoms with E-state index in [-0.39, 0.29) is 16.5 Å². The zero-order valence-corrected chi connectivity index (χ0v) is 20.2. The average Bonchev–Trinajstić information content (AvgIpc) is 3.18. The number of aryl methyl sites for hydroxylation is 1. The summed E-state index contributed by atoms with van der Waals surface area (Å²) < 4.78 is 48.2. The van der Waals surface area contributed by atoms with Crippen LogP contribution < -0.4 is 10.5 Å². The van der Waals surface area contributed by atoms with Crippen LogP contribution in [0.3, 0.4) is 0 Å².